The van der Waals surface area contributed by atoms with Crippen LogP contribution in [0.1, 0.15) is 22.6 Å². The van der Waals surface area contributed by atoms with E-state index in [1.165, 1.54) is 20.3 Å². The van der Waals surface area contributed by atoms with E-state index < -0.39 is 0 Å². The van der Waals surface area contributed by atoms with E-state index in [0.717, 1.165) is 24.1 Å². The van der Waals surface area contributed by atoms with Crippen LogP contribution in [0.25, 0.3) is 0 Å². The summed E-state index contributed by atoms with van der Waals surface area (Å²) in [4.78, 5) is 22.8. The molecule has 0 aliphatic carbocycles. The van der Waals surface area contributed by atoms with E-state index in [1.54, 1.807) is 11.0 Å². The van der Waals surface area contributed by atoms with Crippen LogP contribution in [0.4, 0.5) is 5.69 Å². The molecular weight excluding hydrogens is 318 g/mol. The number of aromatic nitrogens is 2. The maximum Gasteiger partial charge on any atom is 0.296 e. The molecule has 2 aromatic rings. The topological polar surface area (TPSA) is 64.6 Å². The Morgan fingerprint density at radius 3 is 2.57 bits per heavy atom. The fourth-order valence-corrected chi connectivity index (χ4v) is 2.93. The molecule has 7 heteroatoms. The molecule has 1 aromatic carbocycles. The summed E-state index contributed by atoms with van der Waals surface area (Å²) in [6, 6.07) is 7.17. The minimum Gasteiger partial charge on any atom is -0.481 e. The Labute approximate surface area is 139 Å². The average Bonchev–Trinajstić information content (AvgIpc) is 2.60. The van der Waals surface area contributed by atoms with Crippen LogP contribution in [-0.2, 0) is 6.42 Å². The lowest BCUT2D eigenvalue weighted by molar-refractivity contribution is 0.0973. The third kappa shape index (κ3) is 2.94. The van der Waals surface area contributed by atoms with Crippen molar-refractivity contribution in [3.8, 4) is 11.8 Å². The number of aryl methyl sites for hydroxylation is 1. The average molecular weight is 334 g/mol. The van der Waals surface area contributed by atoms with Crippen molar-refractivity contribution in [2.75, 3.05) is 25.7 Å². The van der Waals surface area contributed by atoms with E-state index in [2.05, 4.69) is 9.97 Å². The lowest BCUT2D eigenvalue weighted by atomic mass is 10.0. The number of halogens is 1. The normalized spacial score (nSPS) is 13.4. The molecule has 120 valence electrons. The molecule has 23 heavy (non-hydrogen) atoms. The first-order chi connectivity index (χ1) is 11.1. The molecule has 1 aliphatic heterocycles. The van der Waals surface area contributed by atoms with Gasteiger partial charge in [-0.25, -0.2) is 0 Å². The molecule has 2 heterocycles. The van der Waals surface area contributed by atoms with Crippen molar-refractivity contribution in [2.45, 2.75) is 12.8 Å². The van der Waals surface area contributed by atoms with Crippen LogP contribution in [0.3, 0.4) is 0 Å². The number of ether oxygens (including phenoxy) is 2. The standard InChI is InChI=1S/C16H16ClN3O3/c1-22-12-9-13(23-2)19-15(18-12)16(21)20-8-4-6-10-5-3-7-11(17)14(10)20/h3,5,7,9H,4,6,8H2,1-2H3. The highest BCUT2D eigenvalue weighted by Crippen LogP contribution is 2.35. The SMILES string of the molecule is COc1cc(OC)nc(C(=O)N2CCCc3cccc(Cl)c32)n1. The minimum atomic E-state index is -0.323. The number of anilines is 1. The van der Waals surface area contributed by atoms with Crippen molar-refractivity contribution < 1.29 is 14.3 Å². The van der Waals surface area contributed by atoms with E-state index in [9.17, 15) is 4.79 Å². The number of para-hydroxylation sites is 1. The number of fused-ring (bicyclic) bond motifs is 1. The summed E-state index contributed by atoms with van der Waals surface area (Å²) >= 11 is 6.30. The molecule has 0 atom stereocenters. The molecule has 0 saturated heterocycles. The van der Waals surface area contributed by atoms with Gasteiger partial charge in [-0.3, -0.25) is 4.79 Å². The molecule has 1 aliphatic rings. The summed E-state index contributed by atoms with van der Waals surface area (Å²) in [7, 11) is 2.95. The van der Waals surface area contributed by atoms with Gasteiger partial charge in [-0.05, 0) is 24.5 Å². The molecule has 0 spiro atoms. The molecule has 3 rings (SSSR count). The zero-order valence-electron chi connectivity index (χ0n) is 12.9. The summed E-state index contributed by atoms with van der Waals surface area (Å²) in [5.74, 6) is 0.249. The molecule has 6 nitrogen and oxygen atoms in total. The van der Waals surface area contributed by atoms with Crippen molar-refractivity contribution in [3.05, 3.63) is 40.7 Å². The molecule has 1 amide bonds. The number of methoxy groups -OCH3 is 2. The Bertz CT molecular complexity index is 729. The number of carbonyl (C=O) groups is 1. The number of carbonyl (C=O) groups excluding carboxylic acids is 1. The lowest BCUT2D eigenvalue weighted by Crippen LogP contribution is -2.36. The van der Waals surface area contributed by atoms with Crippen LogP contribution in [0, 0.1) is 0 Å². The van der Waals surface area contributed by atoms with Gasteiger partial charge in [0.25, 0.3) is 5.91 Å². The second kappa shape index (κ2) is 6.42. The van der Waals surface area contributed by atoms with Gasteiger partial charge in [0.15, 0.2) is 0 Å². The van der Waals surface area contributed by atoms with Crippen LogP contribution < -0.4 is 14.4 Å². The molecule has 0 fully saturated rings. The molecule has 0 unspecified atom stereocenters. The van der Waals surface area contributed by atoms with E-state index in [4.69, 9.17) is 21.1 Å². The fourth-order valence-electron chi connectivity index (χ4n) is 2.64. The summed E-state index contributed by atoms with van der Waals surface area (Å²) in [6.45, 7) is 0.568. The quantitative estimate of drug-likeness (QED) is 0.864. The maximum absolute atomic E-state index is 12.9. The van der Waals surface area contributed by atoms with Gasteiger partial charge in [-0.15, -0.1) is 0 Å². The Hall–Kier alpha value is -2.34. The highest BCUT2D eigenvalue weighted by Gasteiger charge is 2.28. The molecular formula is C16H16ClN3O3. The van der Waals surface area contributed by atoms with Crippen LogP contribution in [-0.4, -0.2) is 36.6 Å². The Kier molecular flexibility index (Phi) is 4.34. The number of benzene rings is 1. The van der Waals surface area contributed by atoms with E-state index in [1.807, 2.05) is 12.1 Å². The van der Waals surface area contributed by atoms with Crippen molar-refractivity contribution >= 4 is 23.2 Å². The van der Waals surface area contributed by atoms with Crippen LogP contribution in [0.5, 0.6) is 11.8 Å². The predicted molar refractivity (Wildman–Crippen MR) is 86.6 cm³/mol. The number of rotatable bonds is 3. The Balaban J connectivity index is 2.03. The van der Waals surface area contributed by atoms with Gasteiger partial charge in [0.2, 0.25) is 17.6 Å². The van der Waals surface area contributed by atoms with Gasteiger partial charge in [-0.2, -0.15) is 9.97 Å². The zero-order chi connectivity index (χ0) is 16.4. The lowest BCUT2D eigenvalue weighted by Gasteiger charge is -2.29. The first-order valence-corrected chi connectivity index (χ1v) is 7.58. The first-order valence-electron chi connectivity index (χ1n) is 7.20. The van der Waals surface area contributed by atoms with E-state index >= 15 is 0 Å². The first kappa shape index (κ1) is 15.6. The molecule has 0 bridgehead atoms. The Morgan fingerprint density at radius 1 is 1.22 bits per heavy atom. The summed E-state index contributed by atoms with van der Waals surface area (Å²) in [5.41, 5.74) is 1.78. The minimum absolute atomic E-state index is 0.0222. The van der Waals surface area contributed by atoms with E-state index in [-0.39, 0.29) is 23.5 Å². The third-order valence-corrected chi connectivity index (χ3v) is 4.01. The molecule has 0 saturated carbocycles. The van der Waals surface area contributed by atoms with Crippen LogP contribution in [0.2, 0.25) is 5.02 Å². The molecule has 0 N–H and O–H groups in total. The van der Waals surface area contributed by atoms with Crippen molar-refractivity contribution in [1.82, 2.24) is 9.97 Å². The van der Waals surface area contributed by atoms with Gasteiger partial charge >= 0.3 is 0 Å². The summed E-state index contributed by atoms with van der Waals surface area (Å²) in [6.07, 6.45) is 1.75. The fraction of sp³-hybridized carbons (Fsp3) is 0.312. The summed E-state index contributed by atoms with van der Waals surface area (Å²) < 4.78 is 10.2. The van der Waals surface area contributed by atoms with Crippen LogP contribution in [0.15, 0.2) is 24.3 Å². The van der Waals surface area contributed by atoms with Crippen LogP contribution >= 0.6 is 11.6 Å². The number of hydrogen-bond donors (Lipinski definition) is 0. The smallest absolute Gasteiger partial charge is 0.296 e. The number of hydrogen-bond acceptors (Lipinski definition) is 5. The van der Waals surface area contributed by atoms with Crippen molar-refractivity contribution in [3.63, 3.8) is 0 Å². The monoisotopic (exact) mass is 333 g/mol. The van der Waals surface area contributed by atoms with Gasteiger partial charge in [-0.1, -0.05) is 23.7 Å². The van der Waals surface area contributed by atoms with E-state index in [0.29, 0.717) is 11.6 Å². The van der Waals surface area contributed by atoms with Crippen molar-refractivity contribution in [2.24, 2.45) is 0 Å². The van der Waals surface area contributed by atoms with Gasteiger partial charge in [0, 0.05) is 6.54 Å². The third-order valence-electron chi connectivity index (χ3n) is 3.70. The maximum atomic E-state index is 12.9. The molecule has 0 radical (unpaired) electrons. The number of amides is 1. The molecule has 1 aromatic heterocycles. The van der Waals surface area contributed by atoms with Gasteiger partial charge in [0.05, 0.1) is 31.0 Å². The highest BCUT2D eigenvalue weighted by atomic mass is 35.5. The summed E-state index contributed by atoms with van der Waals surface area (Å²) in [5, 5.41) is 0.547. The van der Waals surface area contributed by atoms with Gasteiger partial charge < -0.3 is 14.4 Å². The second-order valence-corrected chi connectivity index (χ2v) is 5.49. The van der Waals surface area contributed by atoms with Gasteiger partial charge in [0.1, 0.15) is 0 Å². The second-order valence-electron chi connectivity index (χ2n) is 5.08. The largest absolute Gasteiger partial charge is 0.481 e. The Morgan fingerprint density at radius 2 is 1.91 bits per heavy atom. The highest BCUT2D eigenvalue weighted by molar-refractivity contribution is 6.34. The van der Waals surface area contributed by atoms with Crippen molar-refractivity contribution in [1.29, 1.82) is 0 Å². The predicted octanol–water partition coefficient (Wildman–Crippen LogP) is 2.74. The number of nitrogens with zero attached hydrogens (tertiary/aromatic N) is 3. The zero-order valence-corrected chi connectivity index (χ0v) is 13.6.